The van der Waals surface area contributed by atoms with E-state index in [0.29, 0.717) is 5.56 Å². The van der Waals surface area contributed by atoms with Gasteiger partial charge in [0.25, 0.3) is 0 Å². The quantitative estimate of drug-likeness (QED) is 0.890. The second kappa shape index (κ2) is 4.87. The summed E-state index contributed by atoms with van der Waals surface area (Å²) >= 11 is 0. The molecule has 0 heterocycles. The van der Waals surface area contributed by atoms with Gasteiger partial charge in [-0.05, 0) is 24.6 Å². The number of halogens is 3. The van der Waals surface area contributed by atoms with Crippen molar-refractivity contribution >= 4 is 5.78 Å². The van der Waals surface area contributed by atoms with Crippen molar-refractivity contribution in [2.24, 2.45) is 5.92 Å². The number of Topliss-reactive ketones (excluding diaryl/α,β-unsaturated/α-hetero) is 1. The number of alkyl halides is 3. The second-order valence-corrected chi connectivity index (χ2v) is 3.96. The maximum Gasteiger partial charge on any atom is 0.416 e. The van der Waals surface area contributed by atoms with Gasteiger partial charge < -0.3 is 5.11 Å². The fraction of sp³-hybridized carbons (Fsp3) is 0.417. The lowest BCUT2D eigenvalue weighted by atomic mass is 9.94. The Labute approximate surface area is 97.1 Å². The number of benzene rings is 1. The summed E-state index contributed by atoms with van der Waals surface area (Å²) in [5, 5.41) is 9.75. The summed E-state index contributed by atoms with van der Waals surface area (Å²) < 4.78 is 36.9. The summed E-state index contributed by atoms with van der Waals surface area (Å²) in [6.07, 6.45) is -5.47. The van der Waals surface area contributed by atoms with Crippen LogP contribution in [-0.2, 0) is 11.0 Å². The first-order valence-corrected chi connectivity index (χ1v) is 5.09. The topological polar surface area (TPSA) is 37.3 Å². The van der Waals surface area contributed by atoms with Crippen LogP contribution >= 0.6 is 0 Å². The molecule has 2 unspecified atom stereocenters. The number of rotatable bonds is 3. The van der Waals surface area contributed by atoms with Gasteiger partial charge in [0.15, 0.2) is 0 Å². The van der Waals surface area contributed by atoms with Gasteiger partial charge in [-0.15, -0.1) is 0 Å². The molecule has 1 aromatic carbocycles. The minimum Gasteiger partial charge on any atom is -0.388 e. The molecule has 1 rings (SSSR count). The zero-order valence-electron chi connectivity index (χ0n) is 9.45. The second-order valence-electron chi connectivity index (χ2n) is 3.96. The minimum atomic E-state index is -4.39. The maximum absolute atomic E-state index is 12.3. The normalized spacial score (nSPS) is 15.4. The van der Waals surface area contributed by atoms with Crippen LogP contribution in [0.2, 0.25) is 0 Å². The van der Waals surface area contributed by atoms with E-state index in [9.17, 15) is 23.1 Å². The van der Waals surface area contributed by atoms with Crippen LogP contribution in [0.4, 0.5) is 13.2 Å². The Bertz CT molecular complexity index is 395. The van der Waals surface area contributed by atoms with E-state index in [2.05, 4.69) is 0 Å². The molecule has 0 radical (unpaired) electrons. The number of carbonyl (C=O) groups is 1. The Morgan fingerprint density at radius 2 is 1.71 bits per heavy atom. The summed E-state index contributed by atoms with van der Waals surface area (Å²) in [5.41, 5.74) is -0.468. The van der Waals surface area contributed by atoms with E-state index >= 15 is 0 Å². The van der Waals surface area contributed by atoms with Crippen molar-refractivity contribution < 1.29 is 23.1 Å². The van der Waals surface area contributed by atoms with Gasteiger partial charge in [-0.25, -0.2) is 0 Å². The fourth-order valence-electron chi connectivity index (χ4n) is 1.38. The first-order valence-electron chi connectivity index (χ1n) is 5.09. The van der Waals surface area contributed by atoms with Crippen molar-refractivity contribution in [2.75, 3.05) is 0 Å². The standard InChI is InChI=1S/C12H13F3O2/c1-7(8(2)16)11(17)9-3-5-10(6-4-9)12(13,14)15/h3-7,11,17H,1-2H3. The molecule has 0 spiro atoms. The van der Waals surface area contributed by atoms with E-state index in [4.69, 9.17) is 0 Å². The van der Waals surface area contributed by atoms with Crippen LogP contribution in [0.1, 0.15) is 31.1 Å². The summed E-state index contributed by atoms with van der Waals surface area (Å²) in [4.78, 5) is 11.0. The smallest absolute Gasteiger partial charge is 0.388 e. The molecule has 0 bridgehead atoms. The highest BCUT2D eigenvalue weighted by atomic mass is 19.4. The molecule has 5 heteroatoms. The molecule has 0 aliphatic heterocycles. The number of hydrogen-bond donors (Lipinski definition) is 1. The Hall–Kier alpha value is -1.36. The SMILES string of the molecule is CC(=O)C(C)C(O)c1ccc(C(F)(F)F)cc1. The van der Waals surface area contributed by atoms with Crippen molar-refractivity contribution in [2.45, 2.75) is 26.1 Å². The van der Waals surface area contributed by atoms with E-state index in [-0.39, 0.29) is 5.78 Å². The van der Waals surface area contributed by atoms with Crippen LogP contribution in [0, 0.1) is 5.92 Å². The van der Waals surface area contributed by atoms with Crippen LogP contribution in [-0.4, -0.2) is 10.9 Å². The van der Waals surface area contributed by atoms with Crippen molar-refractivity contribution in [3.63, 3.8) is 0 Å². The number of hydrogen-bond acceptors (Lipinski definition) is 2. The first-order chi connectivity index (χ1) is 7.73. The Morgan fingerprint density at radius 3 is 2.06 bits per heavy atom. The van der Waals surface area contributed by atoms with Gasteiger partial charge in [-0.3, -0.25) is 4.79 Å². The van der Waals surface area contributed by atoms with E-state index in [1.54, 1.807) is 0 Å². The largest absolute Gasteiger partial charge is 0.416 e. The summed E-state index contributed by atoms with van der Waals surface area (Å²) in [7, 11) is 0. The van der Waals surface area contributed by atoms with Crippen molar-refractivity contribution in [1.29, 1.82) is 0 Å². The number of ketones is 1. The van der Waals surface area contributed by atoms with Gasteiger partial charge in [0.2, 0.25) is 0 Å². The maximum atomic E-state index is 12.3. The number of carbonyl (C=O) groups excluding carboxylic acids is 1. The molecule has 1 N–H and O–H groups in total. The molecule has 2 atom stereocenters. The third-order valence-corrected chi connectivity index (χ3v) is 2.69. The molecule has 0 aromatic heterocycles. The number of aliphatic hydroxyl groups is 1. The van der Waals surface area contributed by atoms with Crippen molar-refractivity contribution in [3.05, 3.63) is 35.4 Å². The molecule has 0 fully saturated rings. The molecule has 0 aliphatic rings. The van der Waals surface area contributed by atoms with Crippen molar-refractivity contribution in [3.8, 4) is 0 Å². The lowest BCUT2D eigenvalue weighted by molar-refractivity contribution is -0.137. The Morgan fingerprint density at radius 1 is 1.24 bits per heavy atom. The molecule has 2 nitrogen and oxygen atoms in total. The molecule has 0 saturated carbocycles. The highest BCUT2D eigenvalue weighted by molar-refractivity contribution is 5.78. The molecule has 17 heavy (non-hydrogen) atoms. The first kappa shape index (κ1) is 13.7. The molecule has 94 valence electrons. The van der Waals surface area contributed by atoms with Crippen molar-refractivity contribution in [1.82, 2.24) is 0 Å². The lowest BCUT2D eigenvalue weighted by Gasteiger charge is -2.17. The van der Waals surface area contributed by atoms with Gasteiger partial charge in [0.05, 0.1) is 11.7 Å². The fourth-order valence-corrected chi connectivity index (χ4v) is 1.38. The van der Waals surface area contributed by atoms with Gasteiger partial charge in [-0.2, -0.15) is 13.2 Å². The zero-order chi connectivity index (χ0) is 13.2. The third kappa shape index (κ3) is 3.30. The van der Waals surface area contributed by atoms with Crippen LogP contribution in [0.25, 0.3) is 0 Å². The lowest BCUT2D eigenvalue weighted by Crippen LogP contribution is -2.16. The summed E-state index contributed by atoms with van der Waals surface area (Å²) in [6.45, 7) is 2.86. The molecule has 0 amide bonds. The number of aliphatic hydroxyl groups excluding tert-OH is 1. The minimum absolute atomic E-state index is 0.211. The average Bonchev–Trinajstić information content (AvgIpc) is 2.26. The Balaban J connectivity index is 2.92. The molecular formula is C12H13F3O2. The molecule has 0 aliphatic carbocycles. The van der Waals surface area contributed by atoms with E-state index in [1.807, 2.05) is 0 Å². The molecule has 0 saturated heterocycles. The predicted molar refractivity (Wildman–Crippen MR) is 56.2 cm³/mol. The predicted octanol–water partition coefficient (Wildman–Crippen LogP) is 2.96. The van der Waals surface area contributed by atoms with E-state index < -0.39 is 23.8 Å². The van der Waals surface area contributed by atoms with E-state index in [0.717, 1.165) is 12.1 Å². The van der Waals surface area contributed by atoms with Gasteiger partial charge in [0.1, 0.15) is 5.78 Å². The Kier molecular flexibility index (Phi) is 3.93. The molecule has 1 aromatic rings. The van der Waals surface area contributed by atoms with Gasteiger partial charge in [-0.1, -0.05) is 19.1 Å². The van der Waals surface area contributed by atoms with Crippen LogP contribution in [0.3, 0.4) is 0 Å². The van der Waals surface area contributed by atoms with Gasteiger partial charge in [0, 0.05) is 5.92 Å². The third-order valence-electron chi connectivity index (χ3n) is 2.69. The van der Waals surface area contributed by atoms with Crippen LogP contribution < -0.4 is 0 Å². The summed E-state index contributed by atoms with van der Waals surface area (Å²) in [6, 6.07) is 4.16. The zero-order valence-corrected chi connectivity index (χ0v) is 9.45. The monoisotopic (exact) mass is 246 g/mol. The van der Waals surface area contributed by atoms with Crippen LogP contribution in [0.5, 0.6) is 0 Å². The average molecular weight is 246 g/mol. The van der Waals surface area contributed by atoms with E-state index in [1.165, 1.54) is 26.0 Å². The van der Waals surface area contributed by atoms with Gasteiger partial charge >= 0.3 is 6.18 Å². The molecular weight excluding hydrogens is 233 g/mol. The summed E-state index contributed by atoms with van der Waals surface area (Å²) in [5.74, 6) is -0.843. The highest BCUT2D eigenvalue weighted by Gasteiger charge is 2.30. The van der Waals surface area contributed by atoms with Crippen LogP contribution in [0.15, 0.2) is 24.3 Å². The highest BCUT2D eigenvalue weighted by Crippen LogP contribution is 2.31.